The van der Waals surface area contributed by atoms with Crippen molar-refractivity contribution < 1.29 is 24.2 Å². The van der Waals surface area contributed by atoms with E-state index in [-0.39, 0.29) is 11.9 Å². The van der Waals surface area contributed by atoms with E-state index in [4.69, 9.17) is 9.47 Å². The lowest BCUT2D eigenvalue weighted by Crippen LogP contribution is -2.45. The Morgan fingerprint density at radius 2 is 2.08 bits per heavy atom. The van der Waals surface area contributed by atoms with Crippen LogP contribution in [0, 0.1) is 11.8 Å². The van der Waals surface area contributed by atoms with Gasteiger partial charge in [-0.05, 0) is 37.6 Å². The number of anilines is 1. The van der Waals surface area contributed by atoms with Crippen molar-refractivity contribution in [1.29, 1.82) is 0 Å². The number of amides is 1. The highest BCUT2D eigenvalue weighted by Crippen LogP contribution is 2.56. The van der Waals surface area contributed by atoms with Gasteiger partial charge in [-0.1, -0.05) is 17.7 Å². The molecule has 0 radical (unpaired) electrons. The van der Waals surface area contributed by atoms with Crippen LogP contribution in [-0.4, -0.2) is 41.8 Å². The van der Waals surface area contributed by atoms with Crippen LogP contribution in [0.3, 0.4) is 0 Å². The number of nitrogens with zero attached hydrogens (tertiary/aromatic N) is 1. The van der Waals surface area contributed by atoms with E-state index in [9.17, 15) is 14.7 Å². The van der Waals surface area contributed by atoms with E-state index in [1.807, 2.05) is 25.1 Å². The van der Waals surface area contributed by atoms with Crippen LogP contribution in [0.2, 0.25) is 0 Å². The average Bonchev–Trinajstić information content (AvgIpc) is 3.24. The van der Waals surface area contributed by atoms with Crippen molar-refractivity contribution in [2.75, 3.05) is 12.0 Å². The number of carbonyl (C=O) groups excluding carboxylic acids is 1. The van der Waals surface area contributed by atoms with Crippen molar-refractivity contribution in [2.45, 2.75) is 31.1 Å². The van der Waals surface area contributed by atoms with Gasteiger partial charge in [-0.15, -0.1) is 6.58 Å². The average molecular weight is 355 g/mol. The number of fused-ring (bicyclic) bond motifs is 1. The molecule has 2 fully saturated rings. The second kappa shape index (κ2) is 5.71. The number of methoxy groups -OCH3 is 1. The zero-order chi connectivity index (χ0) is 18.6. The Kier molecular flexibility index (Phi) is 3.70. The molecule has 6 nitrogen and oxygen atoms in total. The smallest absolute Gasteiger partial charge is 0.310 e. The third kappa shape index (κ3) is 2.15. The Labute approximate surface area is 151 Å². The van der Waals surface area contributed by atoms with Gasteiger partial charge >= 0.3 is 5.97 Å². The lowest BCUT2D eigenvalue weighted by Gasteiger charge is -2.33. The summed E-state index contributed by atoms with van der Waals surface area (Å²) in [7, 11) is 1.58. The summed E-state index contributed by atoms with van der Waals surface area (Å²) < 4.78 is 11.3. The van der Waals surface area contributed by atoms with Gasteiger partial charge in [0.2, 0.25) is 5.91 Å². The number of aliphatic carboxylic acids is 1. The first-order valence-corrected chi connectivity index (χ1v) is 8.60. The number of hydrogen-bond acceptors (Lipinski definition) is 4. The Morgan fingerprint density at radius 1 is 1.38 bits per heavy atom. The zero-order valence-corrected chi connectivity index (χ0v) is 14.7. The van der Waals surface area contributed by atoms with Gasteiger partial charge < -0.3 is 19.5 Å². The topological polar surface area (TPSA) is 76.1 Å². The van der Waals surface area contributed by atoms with Gasteiger partial charge in [0.25, 0.3) is 0 Å². The lowest BCUT2D eigenvalue weighted by atomic mass is 9.74. The maximum Gasteiger partial charge on any atom is 0.310 e. The summed E-state index contributed by atoms with van der Waals surface area (Å²) in [6.07, 6.45) is 3.66. The maximum atomic E-state index is 13.3. The van der Waals surface area contributed by atoms with Crippen LogP contribution in [0.15, 0.2) is 48.6 Å². The number of carboxylic acids is 1. The van der Waals surface area contributed by atoms with Crippen molar-refractivity contribution in [3.05, 3.63) is 48.6 Å². The molecule has 4 rings (SSSR count). The summed E-state index contributed by atoms with van der Waals surface area (Å²) in [6, 6.07) is 6.87. The second-order valence-corrected chi connectivity index (χ2v) is 7.22. The van der Waals surface area contributed by atoms with Crippen LogP contribution in [0.25, 0.3) is 0 Å². The van der Waals surface area contributed by atoms with Crippen LogP contribution in [0.5, 0.6) is 5.75 Å². The predicted molar refractivity (Wildman–Crippen MR) is 95.1 cm³/mol. The molecule has 1 spiro atoms. The highest BCUT2D eigenvalue weighted by Gasteiger charge is 2.71. The summed E-state index contributed by atoms with van der Waals surface area (Å²) in [5.74, 6) is -2.09. The van der Waals surface area contributed by atoms with E-state index >= 15 is 0 Å². The highest BCUT2D eigenvalue weighted by molar-refractivity contribution is 6.03. The Morgan fingerprint density at radius 3 is 2.65 bits per heavy atom. The third-order valence-corrected chi connectivity index (χ3v) is 5.60. The summed E-state index contributed by atoms with van der Waals surface area (Å²) in [5, 5.41) is 9.67. The fourth-order valence-electron chi connectivity index (χ4n) is 4.56. The summed E-state index contributed by atoms with van der Waals surface area (Å²) in [4.78, 5) is 26.8. The molecule has 0 unspecified atom stereocenters. The fourth-order valence-corrected chi connectivity index (χ4v) is 4.56. The molecule has 26 heavy (non-hydrogen) atoms. The molecule has 3 aliphatic heterocycles. The molecule has 1 aromatic carbocycles. The van der Waals surface area contributed by atoms with Crippen molar-refractivity contribution in [1.82, 2.24) is 0 Å². The van der Waals surface area contributed by atoms with E-state index < -0.39 is 29.5 Å². The number of carbonyl (C=O) groups is 2. The number of benzene rings is 1. The van der Waals surface area contributed by atoms with Crippen LogP contribution < -0.4 is 9.64 Å². The minimum Gasteiger partial charge on any atom is -0.497 e. The molecule has 3 heterocycles. The Hall–Kier alpha value is -2.60. The van der Waals surface area contributed by atoms with Crippen molar-refractivity contribution in [3.63, 3.8) is 0 Å². The first-order valence-electron chi connectivity index (χ1n) is 8.60. The first kappa shape index (κ1) is 16.8. The van der Waals surface area contributed by atoms with Gasteiger partial charge in [-0.3, -0.25) is 9.59 Å². The molecule has 0 aromatic heterocycles. The highest BCUT2D eigenvalue weighted by atomic mass is 16.5. The van der Waals surface area contributed by atoms with Gasteiger partial charge in [-0.2, -0.15) is 0 Å². The molecule has 1 aromatic rings. The quantitative estimate of drug-likeness (QED) is 0.821. The fraction of sp³-hybridized carbons (Fsp3) is 0.400. The summed E-state index contributed by atoms with van der Waals surface area (Å²) >= 11 is 0. The standard InChI is InChI=1S/C20H21NO5/c1-11(2)10-15-20-9-8-14(26-20)16(19(23)24)17(20)18(22)21(15)12-4-6-13(25-3)7-5-12/h4-9,14-17H,1,10H2,2-3H3,(H,23,24)/t14-,15-,16+,17+,20+/m0/s1. The van der Waals surface area contributed by atoms with E-state index in [0.717, 1.165) is 5.57 Å². The SMILES string of the molecule is C=C(C)C[C@@H]1N(c2ccc(OC)cc2)C(=O)[C@H]2[C@H](C(=O)O)[C@@H]3C=C[C@@]12O3. The van der Waals surface area contributed by atoms with Gasteiger partial charge in [-0.25, -0.2) is 0 Å². The predicted octanol–water partition coefficient (Wildman–Crippen LogP) is 2.40. The van der Waals surface area contributed by atoms with Crippen molar-refractivity contribution in [2.24, 2.45) is 11.8 Å². The van der Waals surface area contributed by atoms with Crippen LogP contribution in [0.1, 0.15) is 13.3 Å². The Balaban J connectivity index is 1.81. The van der Waals surface area contributed by atoms with Gasteiger partial charge in [0, 0.05) is 5.69 Å². The number of hydrogen-bond donors (Lipinski definition) is 1. The van der Waals surface area contributed by atoms with Crippen LogP contribution >= 0.6 is 0 Å². The molecule has 6 heteroatoms. The van der Waals surface area contributed by atoms with Crippen LogP contribution in [0.4, 0.5) is 5.69 Å². The van der Waals surface area contributed by atoms with Gasteiger partial charge in [0.05, 0.1) is 25.2 Å². The first-order chi connectivity index (χ1) is 12.4. The lowest BCUT2D eigenvalue weighted by molar-refractivity contribution is -0.146. The molecule has 2 saturated heterocycles. The minimum absolute atomic E-state index is 0.208. The number of rotatable bonds is 5. The largest absolute Gasteiger partial charge is 0.497 e. The molecule has 136 valence electrons. The maximum absolute atomic E-state index is 13.3. The zero-order valence-electron chi connectivity index (χ0n) is 14.7. The van der Waals surface area contributed by atoms with E-state index in [2.05, 4.69) is 6.58 Å². The number of ether oxygens (including phenoxy) is 2. The van der Waals surface area contributed by atoms with Gasteiger partial charge in [0.1, 0.15) is 17.3 Å². The summed E-state index contributed by atoms with van der Waals surface area (Å²) in [6.45, 7) is 5.90. The molecule has 0 aliphatic carbocycles. The normalized spacial score (nSPS) is 34.2. The van der Waals surface area contributed by atoms with E-state index in [1.165, 1.54) is 0 Å². The van der Waals surface area contributed by atoms with Crippen LogP contribution in [-0.2, 0) is 14.3 Å². The Bertz CT molecular complexity index is 814. The molecular weight excluding hydrogens is 334 g/mol. The monoisotopic (exact) mass is 355 g/mol. The molecule has 1 amide bonds. The second-order valence-electron chi connectivity index (χ2n) is 7.22. The van der Waals surface area contributed by atoms with E-state index in [1.54, 1.807) is 30.2 Å². The molecule has 0 saturated carbocycles. The van der Waals surface area contributed by atoms with Gasteiger partial charge in [0.15, 0.2) is 0 Å². The van der Waals surface area contributed by atoms with Crippen molar-refractivity contribution in [3.8, 4) is 5.75 Å². The third-order valence-electron chi connectivity index (χ3n) is 5.60. The molecule has 3 aliphatic rings. The summed E-state index contributed by atoms with van der Waals surface area (Å²) in [5.41, 5.74) is 0.704. The molecule has 2 bridgehead atoms. The van der Waals surface area contributed by atoms with E-state index in [0.29, 0.717) is 17.9 Å². The minimum atomic E-state index is -0.995. The molecule has 5 atom stereocenters. The molecular formula is C20H21NO5. The number of carboxylic acid groups (broad SMARTS) is 1. The van der Waals surface area contributed by atoms with Crippen molar-refractivity contribution >= 4 is 17.6 Å². The molecule has 1 N–H and O–H groups in total.